The molecule has 0 bridgehead atoms. The fourth-order valence-corrected chi connectivity index (χ4v) is 4.64. The number of amides is 2. The van der Waals surface area contributed by atoms with Gasteiger partial charge in [0.05, 0.1) is 30.5 Å². The fourth-order valence-electron chi connectivity index (χ4n) is 4.64. The van der Waals surface area contributed by atoms with Gasteiger partial charge in [0.25, 0.3) is 0 Å². The molecule has 1 aromatic heterocycles. The monoisotopic (exact) mass is 480 g/mol. The quantitative estimate of drug-likeness (QED) is 0.409. The Morgan fingerprint density at radius 2 is 2.03 bits per heavy atom. The number of fused-ring (bicyclic) bond motifs is 1. The second kappa shape index (κ2) is 9.93. The first-order valence-corrected chi connectivity index (χ1v) is 11.8. The van der Waals surface area contributed by atoms with Gasteiger partial charge in [-0.15, -0.1) is 0 Å². The molecule has 9 nitrogen and oxygen atoms in total. The van der Waals surface area contributed by atoms with Crippen molar-refractivity contribution in [1.29, 1.82) is 0 Å². The summed E-state index contributed by atoms with van der Waals surface area (Å²) in [6.45, 7) is 3.41. The van der Waals surface area contributed by atoms with Gasteiger partial charge in [0, 0.05) is 43.3 Å². The highest BCUT2D eigenvalue weighted by atomic mass is 19.1. The van der Waals surface area contributed by atoms with Crippen LogP contribution in [-0.4, -0.2) is 68.4 Å². The topological polar surface area (TPSA) is 116 Å². The van der Waals surface area contributed by atoms with Crippen molar-refractivity contribution in [3.05, 3.63) is 60.0 Å². The summed E-state index contributed by atoms with van der Waals surface area (Å²) >= 11 is 0. The summed E-state index contributed by atoms with van der Waals surface area (Å²) in [5.41, 5.74) is 9.04. The van der Waals surface area contributed by atoms with Crippen LogP contribution in [0.3, 0.4) is 0 Å². The molecule has 2 atom stereocenters. The number of piperazine rings is 1. The number of nitrogens with zero attached hydrogens (tertiary/aromatic N) is 2. The van der Waals surface area contributed by atoms with E-state index in [4.69, 9.17) is 10.5 Å². The average Bonchev–Trinajstić information content (AvgIpc) is 3.46. The van der Waals surface area contributed by atoms with Gasteiger partial charge in [-0.25, -0.2) is 9.18 Å². The molecule has 2 saturated heterocycles. The van der Waals surface area contributed by atoms with E-state index >= 15 is 0 Å². The molecule has 2 aliphatic heterocycles. The average molecular weight is 481 g/mol. The molecule has 184 valence electrons. The number of hydrogen-bond donors (Lipinski definition) is 4. The van der Waals surface area contributed by atoms with E-state index in [1.54, 1.807) is 12.1 Å². The number of para-hydroxylation sites is 1. The molecule has 10 heteroatoms. The Bertz CT molecular complexity index is 1220. The Kier molecular flexibility index (Phi) is 6.56. The minimum atomic E-state index is -0.742. The predicted octanol–water partition coefficient (Wildman–Crippen LogP) is 1.73. The SMILES string of the molecule is NC(Cc1c[nH]c2ccccc12)C(=O)NC[C@H]1CN(c2ccc(N3CCNCC3)c(F)c2)C(=O)O1. The Balaban J connectivity index is 1.15. The Morgan fingerprint density at radius 1 is 1.23 bits per heavy atom. The summed E-state index contributed by atoms with van der Waals surface area (Å²) < 4.78 is 20.2. The van der Waals surface area contributed by atoms with Gasteiger partial charge in [0.2, 0.25) is 5.91 Å². The lowest BCUT2D eigenvalue weighted by atomic mass is 10.1. The number of anilines is 2. The van der Waals surface area contributed by atoms with Gasteiger partial charge in [-0.3, -0.25) is 9.69 Å². The van der Waals surface area contributed by atoms with E-state index in [1.807, 2.05) is 35.4 Å². The summed E-state index contributed by atoms with van der Waals surface area (Å²) in [4.78, 5) is 31.5. The molecule has 0 spiro atoms. The third kappa shape index (κ3) is 4.94. The molecule has 0 aliphatic carbocycles. The van der Waals surface area contributed by atoms with Crippen LogP contribution in [0.1, 0.15) is 5.56 Å². The molecule has 0 saturated carbocycles. The molecule has 2 aliphatic rings. The van der Waals surface area contributed by atoms with E-state index in [9.17, 15) is 14.0 Å². The summed E-state index contributed by atoms with van der Waals surface area (Å²) in [6, 6.07) is 11.9. The largest absolute Gasteiger partial charge is 0.442 e. The van der Waals surface area contributed by atoms with Crippen LogP contribution in [0.5, 0.6) is 0 Å². The first-order chi connectivity index (χ1) is 17.0. The van der Waals surface area contributed by atoms with Crippen molar-refractivity contribution in [3.63, 3.8) is 0 Å². The number of nitrogens with two attached hydrogens (primary N) is 1. The molecule has 35 heavy (non-hydrogen) atoms. The van der Waals surface area contributed by atoms with Crippen LogP contribution in [0, 0.1) is 5.82 Å². The molecule has 1 unspecified atom stereocenters. The minimum Gasteiger partial charge on any atom is -0.442 e. The van der Waals surface area contributed by atoms with Crippen LogP contribution in [-0.2, 0) is 16.0 Å². The van der Waals surface area contributed by atoms with Crippen LogP contribution in [0.25, 0.3) is 10.9 Å². The van der Waals surface area contributed by atoms with Crippen molar-refractivity contribution in [2.45, 2.75) is 18.6 Å². The first kappa shape index (κ1) is 23.1. The van der Waals surface area contributed by atoms with Gasteiger partial charge in [0.1, 0.15) is 11.9 Å². The summed E-state index contributed by atoms with van der Waals surface area (Å²) in [5.74, 6) is -0.701. The van der Waals surface area contributed by atoms with E-state index in [0.717, 1.165) is 42.6 Å². The second-order valence-electron chi connectivity index (χ2n) is 8.90. The summed E-state index contributed by atoms with van der Waals surface area (Å²) in [6.07, 6.45) is 1.12. The normalized spacial score (nSPS) is 19.1. The lowest BCUT2D eigenvalue weighted by molar-refractivity contribution is -0.122. The zero-order valence-electron chi connectivity index (χ0n) is 19.3. The Labute approximate surface area is 202 Å². The van der Waals surface area contributed by atoms with Crippen molar-refractivity contribution < 1.29 is 18.7 Å². The molecular formula is C25H29FN6O3. The van der Waals surface area contributed by atoms with E-state index in [2.05, 4.69) is 15.6 Å². The minimum absolute atomic E-state index is 0.129. The fraction of sp³-hybridized carbons (Fsp3) is 0.360. The van der Waals surface area contributed by atoms with Crippen molar-refractivity contribution in [1.82, 2.24) is 15.6 Å². The van der Waals surface area contributed by atoms with E-state index in [1.165, 1.54) is 11.0 Å². The lowest BCUT2D eigenvalue weighted by Gasteiger charge is -2.30. The van der Waals surface area contributed by atoms with Crippen molar-refractivity contribution in [3.8, 4) is 0 Å². The van der Waals surface area contributed by atoms with Gasteiger partial charge in [0.15, 0.2) is 0 Å². The maximum absolute atomic E-state index is 14.8. The highest BCUT2D eigenvalue weighted by Gasteiger charge is 2.33. The number of hydrogen-bond acceptors (Lipinski definition) is 6. The number of benzene rings is 2. The van der Waals surface area contributed by atoms with E-state index in [0.29, 0.717) is 17.8 Å². The maximum atomic E-state index is 14.8. The predicted molar refractivity (Wildman–Crippen MR) is 132 cm³/mol. The van der Waals surface area contributed by atoms with Gasteiger partial charge >= 0.3 is 6.09 Å². The number of H-pyrrole nitrogens is 1. The van der Waals surface area contributed by atoms with Gasteiger partial charge in [-0.05, 0) is 36.2 Å². The lowest BCUT2D eigenvalue weighted by Crippen LogP contribution is -2.45. The number of nitrogens with one attached hydrogen (secondary N) is 3. The van der Waals surface area contributed by atoms with Gasteiger partial charge in [-0.1, -0.05) is 18.2 Å². The number of ether oxygens (including phenoxy) is 1. The number of aromatic amines is 1. The Morgan fingerprint density at radius 3 is 2.83 bits per heavy atom. The molecule has 3 heterocycles. The number of cyclic esters (lactones) is 1. The molecule has 2 aromatic carbocycles. The van der Waals surface area contributed by atoms with E-state index < -0.39 is 18.2 Å². The number of carbonyl (C=O) groups excluding carboxylic acids is 2. The summed E-state index contributed by atoms with van der Waals surface area (Å²) in [5, 5.41) is 7.05. The van der Waals surface area contributed by atoms with Crippen LogP contribution >= 0.6 is 0 Å². The standard InChI is InChI=1S/C25H29FN6O3/c26-20-12-17(5-6-23(20)31-9-7-28-8-10-31)32-15-18(35-25(32)34)14-30-24(33)21(27)11-16-13-29-22-4-2-1-3-19(16)22/h1-6,12-13,18,21,28-29H,7-11,14-15,27H2,(H,30,33)/t18-,21?/m0/s1. The smallest absolute Gasteiger partial charge is 0.414 e. The van der Waals surface area contributed by atoms with Gasteiger partial charge < -0.3 is 31.0 Å². The van der Waals surface area contributed by atoms with Crippen LogP contribution < -0.4 is 26.2 Å². The molecule has 5 N–H and O–H groups in total. The molecule has 0 radical (unpaired) electrons. The third-order valence-electron chi connectivity index (χ3n) is 6.53. The third-order valence-corrected chi connectivity index (χ3v) is 6.53. The van der Waals surface area contributed by atoms with Crippen LogP contribution in [0.4, 0.5) is 20.6 Å². The first-order valence-electron chi connectivity index (χ1n) is 11.8. The molecule has 5 rings (SSSR count). The highest BCUT2D eigenvalue weighted by Crippen LogP contribution is 2.28. The molecule has 2 fully saturated rings. The number of carbonyl (C=O) groups is 2. The zero-order chi connectivity index (χ0) is 24.4. The molecule has 2 amide bonds. The van der Waals surface area contributed by atoms with Crippen molar-refractivity contribution in [2.75, 3.05) is 49.1 Å². The summed E-state index contributed by atoms with van der Waals surface area (Å²) in [7, 11) is 0. The van der Waals surface area contributed by atoms with Gasteiger partial charge in [-0.2, -0.15) is 0 Å². The van der Waals surface area contributed by atoms with Crippen molar-refractivity contribution >= 4 is 34.3 Å². The van der Waals surface area contributed by atoms with E-state index in [-0.39, 0.29) is 24.8 Å². The van der Waals surface area contributed by atoms with Crippen LogP contribution in [0.2, 0.25) is 0 Å². The second-order valence-corrected chi connectivity index (χ2v) is 8.90. The maximum Gasteiger partial charge on any atom is 0.414 e. The van der Waals surface area contributed by atoms with Crippen molar-refractivity contribution in [2.24, 2.45) is 5.73 Å². The molecule has 3 aromatic rings. The molecular weight excluding hydrogens is 451 g/mol. The van der Waals surface area contributed by atoms with Crippen LogP contribution in [0.15, 0.2) is 48.7 Å². The Hall–Kier alpha value is -3.63. The zero-order valence-corrected chi connectivity index (χ0v) is 19.3. The highest BCUT2D eigenvalue weighted by molar-refractivity contribution is 5.90. The number of aromatic nitrogens is 1. The number of rotatable bonds is 7. The number of halogens is 1.